The van der Waals surface area contributed by atoms with E-state index >= 15 is 0 Å². The first-order chi connectivity index (χ1) is 12.1. The molecule has 10 heteroatoms. The fourth-order valence-electron chi connectivity index (χ4n) is 2.75. The van der Waals surface area contributed by atoms with Crippen molar-refractivity contribution in [1.29, 1.82) is 0 Å². The molecule has 0 fully saturated rings. The zero-order valence-electron chi connectivity index (χ0n) is 18.0. The van der Waals surface area contributed by atoms with Gasteiger partial charge in [-0.05, 0) is 55.4 Å². The molecule has 9 nitrogen and oxygen atoms in total. The van der Waals surface area contributed by atoms with Gasteiger partial charge >= 0.3 is 5.09 Å². The Kier molecular flexibility index (Phi) is 20.0. The Bertz CT molecular complexity index is 272. The Balaban J connectivity index is -0.000000306. The summed E-state index contributed by atoms with van der Waals surface area (Å²) in [5.74, 6) is 0. The molecule has 0 aliphatic carbocycles. The van der Waals surface area contributed by atoms with Gasteiger partial charge in [0, 0.05) is 0 Å². The van der Waals surface area contributed by atoms with Gasteiger partial charge in [0.25, 0.3) is 0 Å². The van der Waals surface area contributed by atoms with Gasteiger partial charge < -0.3 is 23.8 Å². The predicted molar refractivity (Wildman–Crippen MR) is 99.8 cm³/mol. The van der Waals surface area contributed by atoms with E-state index in [1.807, 2.05) is 0 Å². The topological polar surface area (TPSA) is 108 Å². The van der Waals surface area contributed by atoms with Crippen LogP contribution in [0.15, 0.2) is 0 Å². The molecule has 0 aliphatic rings. The maximum Gasteiger partial charge on any atom is 0.321 e. The summed E-state index contributed by atoms with van der Waals surface area (Å²) in [5.41, 5.74) is 0. The van der Waals surface area contributed by atoms with Crippen LogP contribution in [-0.4, -0.2) is 73.7 Å². The van der Waals surface area contributed by atoms with Crippen LogP contribution in [0.1, 0.15) is 55.4 Å². The lowest BCUT2D eigenvalue weighted by molar-refractivity contribution is -0.921. The molecule has 0 radical (unpaired) electrons. The molecule has 0 aliphatic heterocycles. The molecule has 0 aromatic carbocycles. The number of quaternary nitrogens is 2. The summed E-state index contributed by atoms with van der Waals surface area (Å²) in [6.07, 6.45) is 0. The molecule has 0 aromatic rings. The van der Waals surface area contributed by atoms with Gasteiger partial charge in [-0.3, -0.25) is 0 Å². The van der Waals surface area contributed by atoms with E-state index in [-0.39, 0.29) is 0 Å². The van der Waals surface area contributed by atoms with E-state index in [0.29, 0.717) is 0 Å². The van der Waals surface area contributed by atoms with Crippen molar-refractivity contribution in [3.05, 3.63) is 10.1 Å². The van der Waals surface area contributed by atoms with Crippen molar-refractivity contribution in [3.63, 3.8) is 0 Å². The smallest absolute Gasteiger partial charge is 0.321 e. The van der Waals surface area contributed by atoms with E-state index in [1.54, 1.807) is 0 Å². The molecule has 0 amide bonds. The molecule has 0 N–H and O–H groups in total. The third-order valence-corrected chi connectivity index (χ3v) is 5.55. The average molecular weight is 381 g/mol. The highest BCUT2D eigenvalue weighted by Crippen LogP contribution is 2.03. The minimum absolute atomic E-state index is 1.28. The minimum atomic E-state index is -2.78. The number of hydrogen-bond donors (Lipinski definition) is 0. The van der Waals surface area contributed by atoms with Crippen LogP contribution in [0.2, 0.25) is 0 Å². The highest BCUT2D eigenvalue weighted by atomic mass is 17.3. The van der Waals surface area contributed by atoms with Gasteiger partial charge in [0.15, 0.2) is 0 Å². The Morgan fingerprint density at radius 2 is 0.923 bits per heavy atom. The summed E-state index contributed by atoms with van der Waals surface area (Å²) in [6, 6.07) is 0. The number of nitrogens with zero attached hydrogens (tertiary/aromatic N) is 3. The Morgan fingerprint density at radius 1 is 0.692 bits per heavy atom. The first-order valence-corrected chi connectivity index (χ1v) is 9.61. The van der Waals surface area contributed by atoms with Crippen LogP contribution in [0.4, 0.5) is 0 Å². The molecule has 0 atom stereocenters. The average Bonchev–Trinajstić information content (AvgIpc) is 2.66. The summed E-state index contributed by atoms with van der Waals surface area (Å²) in [7, 11) is -2.78. The van der Waals surface area contributed by atoms with Crippen LogP contribution in [0.25, 0.3) is 0 Å². The lowest BCUT2D eigenvalue weighted by Crippen LogP contribution is -2.48. The molecule has 0 unspecified atom stereocenters. The van der Waals surface area contributed by atoms with Crippen LogP contribution in [0.3, 0.4) is 0 Å². The third kappa shape index (κ3) is 14.3. The third-order valence-electron chi connectivity index (χ3n) is 5.55. The molecule has 0 saturated heterocycles. The first-order valence-electron chi connectivity index (χ1n) is 9.61. The highest BCUT2D eigenvalue weighted by Gasteiger charge is 2.16. The van der Waals surface area contributed by atoms with E-state index in [0.717, 1.165) is 0 Å². The van der Waals surface area contributed by atoms with E-state index in [1.165, 1.54) is 61.3 Å². The van der Waals surface area contributed by atoms with Crippen LogP contribution < -0.4 is 10.0 Å². The molecular formula is C16H40BN3O6. The number of hydrogen-bond acceptors (Lipinski definition) is 6. The molecule has 0 aromatic heterocycles. The molecule has 0 spiro atoms. The highest BCUT2D eigenvalue weighted by molar-refractivity contribution is 6.27. The van der Waals surface area contributed by atoms with Crippen molar-refractivity contribution in [1.82, 2.24) is 0 Å². The van der Waals surface area contributed by atoms with Crippen molar-refractivity contribution in [2.45, 2.75) is 55.4 Å². The zero-order valence-corrected chi connectivity index (χ0v) is 18.0. The molecule has 0 heterocycles. The second-order valence-electron chi connectivity index (χ2n) is 5.90. The summed E-state index contributed by atoms with van der Waals surface area (Å²) in [6.45, 7) is 28.4. The molecule has 0 bridgehead atoms. The lowest BCUT2D eigenvalue weighted by Gasteiger charge is -2.34. The van der Waals surface area contributed by atoms with Crippen LogP contribution in [0.5, 0.6) is 0 Å². The van der Waals surface area contributed by atoms with Gasteiger partial charge in [-0.2, -0.15) is 4.99 Å². The monoisotopic (exact) mass is 381 g/mol. The molecule has 0 saturated carbocycles. The van der Waals surface area contributed by atoms with Crippen molar-refractivity contribution in [2.24, 2.45) is 0 Å². The summed E-state index contributed by atoms with van der Waals surface area (Å²) in [5, 5.41) is 26.1. The van der Waals surface area contributed by atoms with Gasteiger partial charge in [0.2, 0.25) is 0 Å². The SMILES string of the molecule is CC[N+](CC)(CC)CC.CC[N+](CC)(CC)CC.O=[N+]([O-])OOB([O-])[O-]. The van der Waals surface area contributed by atoms with Gasteiger partial charge in [-0.25, -0.2) is 0 Å². The van der Waals surface area contributed by atoms with E-state index in [2.05, 4.69) is 65.2 Å². The summed E-state index contributed by atoms with van der Waals surface area (Å²) >= 11 is 0. The Hall–Kier alpha value is -0.935. The van der Waals surface area contributed by atoms with Gasteiger partial charge in [0.05, 0.1) is 52.4 Å². The van der Waals surface area contributed by atoms with Crippen molar-refractivity contribution >= 4 is 7.32 Å². The lowest BCUT2D eigenvalue weighted by atomic mass is 10.3. The van der Waals surface area contributed by atoms with E-state index < -0.39 is 12.4 Å². The Morgan fingerprint density at radius 3 is 0.962 bits per heavy atom. The fraction of sp³-hybridized carbons (Fsp3) is 1.00. The maximum atomic E-state index is 9.22. The normalized spacial score (nSPS) is 10.8. The second-order valence-corrected chi connectivity index (χ2v) is 5.90. The van der Waals surface area contributed by atoms with Crippen LogP contribution >= 0.6 is 0 Å². The van der Waals surface area contributed by atoms with E-state index in [9.17, 15) is 10.0 Å². The largest absolute Gasteiger partial charge is 0.868 e. The van der Waals surface area contributed by atoms with Gasteiger partial charge in [-0.15, -0.1) is 10.1 Å². The molecule has 0 rings (SSSR count). The molecular weight excluding hydrogens is 341 g/mol. The van der Waals surface area contributed by atoms with Crippen molar-refractivity contribution < 1.29 is 33.9 Å². The molecule has 158 valence electrons. The Labute approximate surface area is 159 Å². The van der Waals surface area contributed by atoms with Crippen LogP contribution in [0, 0.1) is 10.1 Å². The standard InChI is InChI=1S/2C8H20N.BNO6/c2*1-5-9(6-2,7-3)8-4;3-1(4)7-8-2(5)6/h2*5-8H2,1-4H3;/q2*+1;-2. The summed E-state index contributed by atoms with van der Waals surface area (Å²) < 4.78 is 2.56. The quantitative estimate of drug-likeness (QED) is 0.170. The van der Waals surface area contributed by atoms with Gasteiger partial charge in [-0.1, -0.05) is 0 Å². The fourth-order valence-corrected chi connectivity index (χ4v) is 2.75. The minimum Gasteiger partial charge on any atom is -0.868 e. The van der Waals surface area contributed by atoms with E-state index in [4.69, 9.17) is 10.1 Å². The van der Waals surface area contributed by atoms with Crippen LogP contribution in [-0.2, 0) is 9.79 Å². The molecule has 26 heavy (non-hydrogen) atoms. The summed E-state index contributed by atoms with van der Waals surface area (Å²) in [4.78, 5) is 15.0. The first kappa shape index (κ1) is 29.8. The predicted octanol–water partition coefficient (Wildman–Crippen LogP) is 0.597. The van der Waals surface area contributed by atoms with Gasteiger partial charge in [0.1, 0.15) is 7.32 Å². The number of rotatable bonds is 11. The van der Waals surface area contributed by atoms with Crippen molar-refractivity contribution in [3.8, 4) is 0 Å². The maximum absolute atomic E-state index is 9.22. The second kappa shape index (κ2) is 17.5. The zero-order chi connectivity index (χ0) is 21.2. The van der Waals surface area contributed by atoms with Crippen molar-refractivity contribution in [2.75, 3.05) is 52.4 Å².